The number of aryl methyl sites for hydroxylation is 1. The van der Waals surface area contributed by atoms with Crippen LogP contribution in [0.3, 0.4) is 0 Å². The molecule has 2 atom stereocenters. The standard InChI is InChI=1S/C17H22N2OS/c1-12(10-15-9-8-13(2)21-15)19-17(20)16(18)11-14-6-4-3-5-7-14/h3-9,12,16H,10-11,18H2,1-2H3,(H,19,20)/t12?,16-/m0/s1. The van der Waals surface area contributed by atoms with Gasteiger partial charge in [-0.2, -0.15) is 0 Å². The Balaban J connectivity index is 1.82. The zero-order valence-electron chi connectivity index (χ0n) is 12.5. The highest BCUT2D eigenvalue weighted by atomic mass is 32.1. The number of nitrogens with two attached hydrogens (primary N) is 1. The summed E-state index contributed by atoms with van der Waals surface area (Å²) < 4.78 is 0. The van der Waals surface area contributed by atoms with Gasteiger partial charge in [0.15, 0.2) is 0 Å². The predicted octanol–water partition coefficient (Wildman–Crippen LogP) is 2.67. The molecule has 1 unspecified atom stereocenters. The fraction of sp³-hybridized carbons (Fsp3) is 0.353. The van der Waals surface area contributed by atoms with E-state index >= 15 is 0 Å². The van der Waals surface area contributed by atoms with Crippen molar-refractivity contribution >= 4 is 17.2 Å². The van der Waals surface area contributed by atoms with Gasteiger partial charge in [0.1, 0.15) is 0 Å². The third kappa shape index (κ3) is 4.99. The Hall–Kier alpha value is -1.65. The average molecular weight is 302 g/mol. The van der Waals surface area contributed by atoms with Crippen LogP contribution in [0.5, 0.6) is 0 Å². The molecule has 0 fully saturated rings. The Kier molecular flexibility index (Phi) is 5.53. The van der Waals surface area contributed by atoms with Gasteiger partial charge in [0.2, 0.25) is 5.91 Å². The van der Waals surface area contributed by atoms with E-state index in [2.05, 4.69) is 24.4 Å². The maximum absolute atomic E-state index is 12.1. The van der Waals surface area contributed by atoms with Crippen molar-refractivity contribution in [1.29, 1.82) is 0 Å². The SMILES string of the molecule is Cc1ccc(CC(C)NC(=O)[C@@H](N)Cc2ccccc2)s1. The largest absolute Gasteiger partial charge is 0.352 e. The van der Waals surface area contributed by atoms with E-state index in [9.17, 15) is 4.79 Å². The van der Waals surface area contributed by atoms with Crippen LogP contribution in [0.4, 0.5) is 0 Å². The third-order valence-electron chi connectivity index (χ3n) is 3.33. The summed E-state index contributed by atoms with van der Waals surface area (Å²) in [4.78, 5) is 14.7. The fourth-order valence-electron chi connectivity index (χ4n) is 2.26. The Bertz CT molecular complexity index is 579. The minimum atomic E-state index is -0.500. The van der Waals surface area contributed by atoms with Crippen LogP contribution in [0.15, 0.2) is 42.5 Å². The second kappa shape index (κ2) is 7.38. The van der Waals surface area contributed by atoms with Gasteiger partial charge in [0.25, 0.3) is 0 Å². The molecule has 0 aliphatic heterocycles. The molecule has 0 spiro atoms. The van der Waals surface area contributed by atoms with Crippen molar-refractivity contribution in [2.75, 3.05) is 0 Å². The zero-order chi connectivity index (χ0) is 15.2. The number of rotatable bonds is 6. The quantitative estimate of drug-likeness (QED) is 0.862. The van der Waals surface area contributed by atoms with Crippen molar-refractivity contribution < 1.29 is 4.79 Å². The topological polar surface area (TPSA) is 55.1 Å². The molecule has 0 bridgehead atoms. The van der Waals surface area contributed by atoms with Gasteiger partial charge >= 0.3 is 0 Å². The summed E-state index contributed by atoms with van der Waals surface area (Å²) in [5, 5.41) is 3.00. The Morgan fingerprint density at radius 2 is 1.90 bits per heavy atom. The molecule has 0 saturated carbocycles. The Labute approximate surface area is 130 Å². The molecular formula is C17H22N2OS. The van der Waals surface area contributed by atoms with Crippen LogP contribution in [0.2, 0.25) is 0 Å². The molecule has 1 aromatic heterocycles. The first-order valence-electron chi connectivity index (χ1n) is 7.20. The van der Waals surface area contributed by atoms with Crippen molar-refractivity contribution in [3.63, 3.8) is 0 Å². The van der Waals surface area contributed by atoms with Crippen molar-refractivity contribution in [2.24, 2.45) is 5.73 Å². The van der Waals surface area contributed by atoms with Crippen molar-refractivity contribution in [1.82, 2.24) is 5.32 Å². The van der Waals surface area contributed by atoms with Crippen LogP contribution < -0.4 is 11.1 Å². The minimum absolute atomic E-state index is 0.0837. The van der Waals surface area contributed by atoms with Crippen molar-refractivity contribution in [3.05, 3.63) is 57.8 Å². The Morgan fingerprint density at radius 1 is 1.19 bits per heavy atom. The van der Waals surface area contributed by atoms with Crippen LogP contribution in [-0.4, -0.2) is 18.0 Å². The Morgan fingerprint density at radius 3 is 2.52 bits per heavy atom. The lowest BCUT2D eigenvalue weighted by Crippen LogP contribution is -2.46. The van der Waals surface area contributed by atoms with Gasteiger partial charge in [-0.1, -0.05) is 30.3 Å². The van der Waals surface area contributed by atoms with Gasteiger partial charge in [-0.25, -0.2) is 0 Å². The van der Waals surface area contributed by atoms with Crippen molar-refractivity contribution in [3.8, 4) is 0 Å². The smallest absolute Gasteiger partial charge is 0.237 e. The van der Waals surface area contributed by atoms with E-state index in [4.69, 9.17) is 5.73 Å². The fourth-order valence-corrected chi connectivity index (χ4v) is 3.28. The number of nitrogens with one attached hydrogen (secondary N) is 1. The van der Waals surface area contributed by atoms with Gasteiger partial charge in [-0.05, 0) is 38.0 Å². The first kappa shape index (κ1) is 15.7. The molecule has 3 nitrogen and oxygen atoms in total. The van der Waals surface area contributed by atoms with Gasteiger partial charge in [0.05, 0.1) is 6.04 Å². The molecule has 2 rings (SSSR count). The van der Waals surface area contributed by atoms with Gasteiger partial charge in [-0.3, -0.25) is 4.79 Å². The van der Waals surface area contributed by atoms with Crippen LogP contribution in [-0.2, 0) is 17.6 Å². The van der Waals surface area contributed by atoms with Crippen LogP contribution >= 0.6 is 11.3 Å². The van der Waals surface area contributed by atoms with Gasteiger partial charge in [0, 0.05) is 22.2 Å². The van der Waals surface area contributed by atoms with E-state index in [-0.39, 0.29) is 11.9 Å². The molecule has 0 radical (unpaired) electrons. The maximum atomic E-state index is 12.1. The molecule has 2 aromatic rings. The van der Waals surface area contributed by atoms with E-state index < -0.39 is 6.04 Å². The molecule has 1 heterocycles. The highest BCUT2D eigenvalue weighted by Crippen LogP contribution is 2.16. The normalized spacial score (nSPS) is 13.7. The summed E-state index contributed by atoms with van der Waals surface area (Å²) in [6, 6.07) is 13.7. The average Bonchev–Trinajstić information content (AvgIpc) is 2.84. The monoisotopic (exact) mass is 302 g/mol. The number of thiophene rings is 1. The van der Waals surface area contributed by atoms with Gasteiger partial charge < -0.3 is 11.1 Å². The summed E-state index contributed by atoms with van der Waals surface area (Å²) in [7, 11) is 0. The third-order valence-corrected chi connectivity index (χ3v) is 4.35. The molecule has 112 valence electrons. The minimum Gasteiger partial charge on any atom is -0.352 e. The number of benzene rings is 1. The summed E-state index contributed by atoms with van der Waals surface area (Å²) >= 11 is 1.77. The lowest BCUT2D eigenvalue weighted by Gasteiger charge is -2.17. The van der Waals surface area contributed by atoms with Crippen LogP contribution in [0.25, 0.3) is 0 Å². The number of amides is 1. The molecule has 0 aliphatic carbocycles. The molecule has 1 aromatic carbocycles. The maximum Gasteiger partial charge on any atom is 0.237 e. The first-order valence-corrected chi connectivity index (χ1v) is 8.01. The summed E-state index contributed by atoms with van der Waals surface area (Å²) in [6.45, 7) is 4.11. The van der Waals surface area contributed by atoms with E-state index in [1.165, 1.54) is 9.75 Å². The highest BCUT2D eigenvalue weighted by molar-refractivity contribution is 7.11. The molecule has 4 heteroatoms. The number of hydrogen-bond acceptors (Lipinski definition) is 3. The van der Waals surface area contributed by atoms with E-state index in [0.717, 1.165) is 12.0 Å². The first-order chi connectivity index (χ1) is 10.0. The van der Waals surface area contributed by atoms with E-state index in [1.54, 1.807) is 11.3 Å². The second-order valence-electron chi connectivity index (χ2n) is 5.42. The lowest BCUT2D eigenvalue weighted by atomic mass is 10.1. The number of hydrogen-bond donors (Lipinski definition) is 2. The molecule has 0 aliphatic rings. The number of carbonyl (C=O) groups excluding carboxylic acids is 1. The van der Waals surface area contributed by atoms with E-state index in [0.29, 0.717) is 6.42 Å². The summed E-state index contributed by atoms with van der Waals surface area (Å²) in [6.07, 6.45) is 1.42. The van der Waals surface area contributed by atoms with Gasteiger partial charge in [-0.15, -0.1) is 11.3 Å². The molecule has 21 heavy (non-hydrogen) atoms. The van der Waals surface area contributed by atoms with Crippen molar-refractivity contribution in [2.45, 2.75) is 38.8 Å². The second-order valence-corrected chi connectivity index (χ2v) is 6.79. The summed E-state index contributed by atoms with van der Waals surface area (Å²) in [5.74, 6) is -0.0837. The molecular weight excluding hydrogens is 280 g/mol. The highest BCUT2D eigenvalue weighted by Gasteiger charge is 2.16. The number of carbonyl (C=O) groups is 1. The molecule has 1 amide bonds. The zero-order valence-corrected chi connectivity index (χ0v) is 13.3. The molecule has 0 saturated heterocycles. The van der Waals surface area contributed by atoms with E-state index in [1.807, 2.05) is 37.3 Å². The van der Waals surface area contributed by atoms with Crippen LogP contribution in [0.1, 0.15) is 22.2 Å². The lowest BCUT2D eigenvalue weighted by molar-refractivity contribution is -0.122. The predicted molar refractivity (Wildman–Crippen MR) is 88.5 cm³/mol. The summed E-state index contributed by atoms with van der Waals surface area (Å²) in [5.41, 5.74) is 7.07. The van der Waals surface area contributed by atoms with Crippen LogP contribution in [0, 0.1) is 6.92 Å². The molecule has 3 N–H and O–H groups in total.